The van der Waals surface area contributed by atoms with Gasteiger partial charge in [-0.05, 0) is 19.1 Å². The van der Waals surface area contributed by atoms with Gasteiger partial charge < -0.3 is 10.2 Å². The van der Waals surface area contributed by atoms with E-state index < -0.39 is 9.84 Å². The van der Waals surface area contributed by atoms with Gasteiger partial charge in [-0.1, -0.05) is 12.1 Å². The smallest absolute Gasteiger partial charge is 0.177 e. The summed E-state index contributed by atoms with van der Waals surface area (Å²) < 4.78 is 23.5. The van der Waals surface area contributed by atoms with Crippen LogP contribution in [0, 0.1) is 0 Å². The Balaban J connectivity index is 2.38. The van der Waals surface area contributed by atoms with Gasteiger partial charge in [0.15, 0.2) is 9.84 Å². The second kappa shape index (κ2) is 4.66. The van der Waals surface area contributed by atoms with Gasteiger partial charge >= 0.3 is 0 Å². The van der Waals surface area contributed by atoms with Gasteiger partial charge in [0.2, 0.25) is 0 Å². The molecule has 0 radical (unpaired) electrons. The highest BCUT2D eigenvalue weighted by Gasteiger charge is 2.21. The van der Waals surface area contributed by atoms with Crippen LogP contribution in [-0.4, -0.2) is 40.3 Å². The Morgan fingerprint density at radius 2 is 2.06 bits per heavy atom. The van der Waals surface area contributed by atoms with Gasteiger partial charge in [0.05, 0.1) is 10.6 Å². The molecule has 1 heterocycles. The van der Waals surface area contributed by atoms with Crippen molar-refractivity contribution in [2.45, 2.75) is 17.9 Å². The zero-order valence-electron chi connectivity index (χ0n) is 10.2. The molecule has 2 rings (SSSR count). The second-order valence-corrected chi connectivity index (χ2v) is 6.53. The quantitative estimate of drug-likeness (QED) is 0.851. The normalized spacial score (nSPS) is 21.5. The fraction of sp³-hybridized carbons (Fsp3) is 0.500. The number of benzene rings is 1. The minimum Gasteiger partial charge on any atom is -0.368 e. The van der Waals surface area contributed by atoms with Gasteiger partial charge in [-0.25, -0.2) is 8.42 Å². The third-order valence-corrected chi connectivity index (χ3v) is 4.12. The standard InChI is InChI=1S/C12H18N2O2S/c1-10-9-14(8-7-13-10)11-5-3-4-6-12(11)17(2,15)16/h3-6,10,13H,7-9H2,1-2H3/t10-/m0/s1. The third kappa shape index (κ3) is 2.79. The predicted octanol–water partition coefficient (Wildman–Crippen LogP) is 0.888. The van der Waals surface area contributed by atoms with Crippen LogP contribution in [0.15, 0.2) is 29.2 Å². The Hall–Kier alpha value is -1.07. The van der Waals surface area contributed by atoms with E-state index in [1.54, 1.807) is 12.1 Å². The van der Waals surface area contributed by atoms with Crippen LogP contribution in [0.5, 0.6) is 0 Å². The van der Waals surface area contributed by atoms with Gasteiger partial charge in [0, 0.05) is 31.9 Å². The topological polar surface area (TPSA) is 49.4 Å². The number of nitrogens with one attached hydrogen (secondary N) is 1. The molecule has 0 aliphatic carbocycles. The fourth-order valence-electron chi connectivity index (χ4n) is 2.18. The SMILES string of the molecule is C[C@H]1CN(c2ccccc2S(C)(=O)=O)CCN1. The van der Waals surface area contributed by atoms with E-state index >= 15 is 0 Å². The molecule has 1 aromatic rings. The van der Waals surface area contributed by atoms with Gasteiger partial charge in [-0.2, -0.15) is 0 Å². The van der Waals surface area contributed by atoms with E-state index in [1.807, 2.05) is 12.1 Å². The van der Waals surface area contributed by atoms with Crippen LogP contribution in [0.4, 0.5) is 5.69 Å². The summed E-state index contributed by atoms with van der Waals surface area (Å²) in [6.45, 7) is 4.68. The first-order valence-electron chi connectivity index (χ1n) is 5.76. The Bertz CT molecular complexity index is 499. The van der Waals surface area contributed by atoms with Crippen LogP contribution < -0.4 is 10.2 Å². The van der Waals surface area contributed by atoms with Gasteiger partial charge in [0.25, 0.3) is 0 Å². The highest BCUT2D eigenvalue weighted by Crippen LogP contribution is 2.25. The highest BCUT2D eigenvalue weighted by molar-refractivity contribution is 7.90. The van der Waals surface area contributed by atoms with Crippen molar-refractivity contribution in [1.29, 1.82) is 0 Å². The van der Waals surface area contributed by atoms with Crippen LogP contribution in [0.3, 0.4) is 0 Å². The van der Waals surface area contributed by atoms with Crippen LogP contribution >= 0.6 is 0 Å². The minimum atomic E-state index is -3.16. The molecule has 1 N–H and O–H groups in total. The second-order valence-electron chi connectivity index (χ2n) is 4.54. The van der Waals surface area contributed by atoms with Crippen LogP contribution in [0.25, 0.3) is 0 Å². The van der Waals surface area contributed by atoms with Crippen LogP contribution in [0.2, 0.25) is 0 Å². The molecule has 0 spiro atoms. The van der Waals surface area contributed by atoms with E-state index in [-0.39, 0.29) is 0 Å². The number of para-hydroxylation sites is 1. The van der Waals surface area contributed by atoms with E-state index in [0.29, 0.717) is 10.9 Å². The van der Waals surface area contributed by atoms with Crippen molar-refractivity contribution in [3.8, 4) is 0 Å². The molecule has 94 valence electrons. The first-order valence-corrected chi connectivity index (χ1v) is 7.65. The van der Waals surface area contributed by atoms with E-state index in [0.717, 1.165) is 25.3 Å². The number of sulfone groups is 1. The number of piperazine rings is 1. The fourth-order valence-corrected chi connectivity index (χ4v) is 3.09. The van der Waals surface area contributed by atoms with Gasteiger partial charge in [-0.3, -0.25) is 0 Å². The zero-order chi connectivity index (χ0) is 12.5. The first kappa shape index (κ1) is 12.4. The summed E-state index contributed by atoms with van der Waals surface area (Å²) in [6, 6.07) is 7.60. The van der Waals surface area contributed by atoms with Gasteiger partial charge in [-0.15, -0.1) is 0 Å². The Morgan fingerprint density at radius 1 is 1.35 bits per heavy atom. The molecule has 1 aliphatic heterocycles. The monoisotopic (exact) mass is 254 g/mol. The molecular weight excluding hydrogens is 236 g/mol. The molecule has 1 aromatic carbocycles. The number of anilines is 1. The molecule has 1 fully saturated rings. The third-order valence-electron chi connectivity index (χ3n) is 2.97. The molecule has 17 heavy (non-hydrogen) atoms. The average molecular weight is 254 g/mol. The average Bonchev–Trinajstić information content (AvgIpc) is 2.28. The lowest BCUT2D eigenvalue weighted by Crippen LogP contribution is -2.49. The van der Waals surface area contributed by atoms with Crippen molar-refractivity contribution in [2.75, 3.05) is 30.8 Å². The predicted molar refractivity (Wildman–Crippen MR) is 69.2 cm³/mol. The first-order chi connectivity index (χ1) is 7.98. The lowest BCUT2D eigenvalue weighted by Gasteiger charge is -2.34. The van der Waals surface area contributed by atoms with Crippen LogP contribution in [-0.2, 0) is 9.84 Å². The molecule has 1 atom stereocenters. The number of hydrogen-bond donors (Lipinski definition) is 1. The number of hydrogen-bond acceptors (Lipinski definition) is 4. The molecule has 4 nitrogen and oxygen atoms in total. The Morgan fingerprint density at radius 3 is 2.71 bits per heavy atom. The molecule has 1 aliphatic rings. The summed E-state index contributed by atoms with van der Waals surface area (Å²) in [6.07, 6.45) is 1.26. The van der Waals surface area contributed by atoms with Crippen molar-refractivity contribution in [2.24, 2.45) is 0 Å². The largest absolute Gasteiger partial charge is 0.368 e. The Labute approximate surface area is 103 Å². The minimum absolute atomic E-state index is 0.386. The molecule has 0 amide bonds. The molecule has 1 saturated heterocycles. The van der Waals surface area contributed by atoms with Crippen molar-refractivity contribution in [3.05, 3.63) is 24.3 Å². The lowest BCUT2D eigenvalue weighted by molar-refractivity contribution is 0.483. The van der Waals surface area contributed by atoms with E-state index in [2.05, 4.69) is 17.1 Å². The zero-order valence-corrected chi connectivity index (χ0v) is 11.0. The number of rotatable bonds is 2. The van der Waals surface area contributed by atoms with E-state index in [1.165, 1.54) is 6.26 Å². The summed E-state index contributed by atoms with van der Waals surface area (Å²) >= 11 is 0. The molecule has 0 saturated carbocycles. The maximum absolute atomic E-state index is 11.7. The number of nitrogens with zero attached hydrogens (tertiary/aromatic N) is 1. The molecule has 0 bridgehead atoms. The Kier molecular flexibility index (Phi) is 3.40. The summed E-state index contributed by atoms with van der Waals surface area (Å²) in [5, 5.41) is 3.35. The van der Waals surface area contributed by atoms with Crippen molar-refractivity contribution < 1.29 is 8.42 Å². The van der Waals surface area contributed by atoms with Crippen molar-refractivity contribution in [1.82, 2.24) is 5.32 Å². The summed E-state index contributed by atoms with van der Waals surface area (Å²) in [5.41, 5.74) is 0.823. The van der Waals surface area contributed by atoms with E-state index in [4.69, 9.17) is 0 Å². The maximum Gasteiger partial charge on any atom is 0.177 e. The summed E-state index contributed by atoms with van der Waals surface area (Å²) in [4.78, 5) is 2.56. The molecule has 5 heteroatoms. The molecule has 0 unspecified atom stereocenters. The summed E-state index contributed by atoms with van der Waals surface area (Å²) in [7, 11) is -3.16. The van der Waals surface area contributed by atoms with Crippen LogP contribution in [0.1, 0.15) is 6.92 Å². The van der Waals surface area contributed by atoms with Crippen molar-refractivity contribution >= 4 is 15.5 Å². The van der Waals surface area contributed by atoms with Crippen molar-refractivity contribution in [3.63, 3.8) is 0 Å². The van der Waals surface area contributed by atoms with Gasteiger partial charge in [0.1, 0.15) is 0 Å². The molecular formula is C12H18N2O2S. The summed E-state index contributed by atoms with van der Waals surface area (Å²) in [5.74, 6) is 0. The highest BCUT2D eigenvalue weighted by atomic mass is 32.2. The maximum atomic E-state index is 11.7. The van der Waals surface area contributed by atoms with E-state index in [9.17, 15) is 8.42 Å². The molecule has 0 aromatic heterocycles. The lowest BCUT2D eigenvalue weighted by atomic mass is 10.2.